The molecular weight excluding hydrogens is 310 g/mol. The van der Waals surface area contributed by atoms with Gasteiger partial charge < -0.3 is 5.11 Å². The number of hydrogen-bond acceptors (Lipinski definition) is 2. The molecule has 3 heteroatoms. The number of rotatable bonds is 12. The Hall–Kier alpha value is -2.03. The molecule has 0 spiro atoms. The third kappa shape index (κ3) is 6.08. The zero-order chi connectivity index (χ0) is 17.9. The van der Waals surface area contributed by atoms with Crippen molar-refractivity contribution in [2.45, 2.75) is 71.1 Å². The Bertz CT molecular complexity index is 631. The number of hydrogen-bond donors (Lipinski definition) is 1. The van der Waals surface area contributed by atoms with Crippen molar-refractivity contribution in [3.63, 3.8) is 0 Å². The number of benzene rings is 1. The lowest BCUT2D eigenvalue weighted by Gasteiger charge is -2.06. The van der Waals surface area contributed by atoms with Crippen LogP contribution in [0, 0.1) is 0 Å². The summed E-state index contributed by atoms with van der Waals surface area (Å²) in [5.74, 6) is 0.0854. The number of aromatic nitrogens is 1. The fraction of sp³-hybridized carbons (Fsp3) is 0.500. The number of unbranched alkanes of at least 4 members (excludes halogenated alkanes) is 8. The minimum atomic E-state index is 0.0372. The Kier molecular flexibility index (Phi) is 8.30. The molecule has 2 rings (SSSR count). The van der Waals surface area contributed by atoms with Crippen molar-refractivity contribution < 1.29 is 9.90 Å². The molecule has 3 nitrogen and oxygen atoms in total. The van der Waals surface area contributed by atoms with Crippen molar-refractivity contribution in [3.05, 3.63) is 48.2 Å². The van der Waals surface area contributed by atoms with Gasteiger partial charge in [0.1, 0.15) is 0 Å². The fourth-order valence-electron chi connectivity index (χ4n) is 3.17. The fourth-order valence-corrected chi connectivity index (χ4v) is 3.17. The topological polar surface area (TPSA) is 42.2 Å². The van der Waals surface area contributed by atoms with Gasteiger partial charge in [0.05, 0.1) is 5.56 Å². The van der Waals surface area contributed by atoms with Crippen LogP contribution in [0.5, 0.6) is 5.88 Å². The maximum atomic E-state index is 12.3. The molecule has 0 atom stereocenters. The predicted molar refractivity (Wildman–Crippen MR) is 104 cm³/mol. The summed E-state index contributed by atoms with van der Waals surface area (Å²) in [6.45, 7) is 2.24. The summed E-state index contributed by atoms with van der Waals surface area (Å²) in [6.07, 6.45) is 13.4. The molecule has 0 bridgehead atoms. The van der Waals surface area contributed by atoms with Crippen LogP contribution in [0.25, 0.3) is 5.69 Å². The van der Waals surface area contributed by atoms with E-state index in [9.17, 15) is 9.90 Å². The van der Waals surface area contributed by atoms with Gasteiger partial charge >= 0.3 is 0 Å². The van der Waals surface area contributed by atoms with Crippen LogP contribution in [0.2, 0.25) is 0 Å². The summed E-state index contributed by atoms with van der Waals surface area (Å²) in [5.41, 5.74) is 1.30. The largest absolute Gasteiger partial charge is 0.494 e. The molecule has 0 saturated carbocycles. The smallest absolute Gasteiger partial charge is 0.206 e. The molecular formula is C22H31NO2. The molecule has 1 aromatic carbocycles. The van der Waals surface area contributed by atoms with Crippen LogP contribution in [0.15, 0.2) is 42.6 Å². The van der Waals surface area contributed by atoms with Gasteiger partial charge in [-0.15, -0.1) is 0 Å². The lowest BCUT2D eigenvalue weighted by atomic mass is 10.0. The Morgan fingerprint density at radius 1 is 0.880 bits per heavy atom. The molecule has 1 heterocycles. The van der Waals surface area contributed by atoms with E-state index in [-0.39, 0.29) is 11.7 Å². The summed E-state index contributed by atoms with van der Waals surface area (Å²) in [5, 5.41) is 10.3. The maximum Gasteiger partial charge on any atom is 0.206 e. The number of nitrogens with zero attached hydrogens (tertiary/aromatic N) is 1. The number of para-hydroxylation sites is 1. The molecule has 0 aliphatic rings. The van der Waals surface area contributed by atoms with Gasteiger partial charge in [-0.25, -0.2) is 0 Å². The van der Waals surface area contributed by atoms with Crippen LogP contribution in [-0.2, 0) is 0 Å². The first-order valence-electron chi connectivity index (χ1n) is 9.73. The van der Waals surface area contributed by atoms with E-state index in [1.165, 1.54) is 44.9 Å². The Morgan fingerprint density at radius 2 is 1.48 bits per heavy atom. The van der Waals surface area contributed by atoms with Crippen LogP contribution in [0.4, 0.5) is 0 Å². The Morgan fingerprint density at radius 3 is 2.12 bits per heavy atom. The first-order valence-corrected chi connectivity index (χ1v) is 9.73. The average Bonchev–Trinajstić information content (AvgIpc) is 3.02. The van der Waals surface area contributed by atoms with E-state index in [1.807, 2.05) is 30.3 Å². The number of ketones is 1. The summed E-state index contributed by atoms with van der Waals surface area (Å²) in [6, 6.07) is 11.3. The molecule has 0 radical (unpaired) electrons. The molecule has 0 amide bonds. The van der Waals surface area contributed by atoms with Gasteiger partial charge in [-0.3, -0.25) is 9.36 Å². The quantitative estimate of drug-likeness (QED) is 0.364. The molecule has 0 fully saturated rings. The summed E-state index contributed by atoms with van der Waals surface area (Å²) >= 11 is 0. The van der Waals surface area contributed by atoms with Crippen molar-refractivity contribution in [1.82, 2.24) is 4.57 Å². The second-order valence-corrected chi connectivity index (χ2v) is 6.76. The number of carbonyl (C=O) groups is 1. The minimum Gasteiger partial charge on any atom is -0.494 e. The van der Waals surface area contributed by atoms with E-state index in [2.05, 4.69) is 6.92 Å². The van der Waals surface area contributed by atoms with Crippen molar-refractivity contribution in [2.75, 3.05) is 0 Å². The van der Waals surface area contributed by atoms with E-state index in [0.29, 0.717) is 12.0 Å². The molecule has 0 aliphatic carbocycles. The average molecular weight is 341 g/mol. The molecule has 1 N–H and O–H groups in total. The summed E-state index contributed by atoms with van der Waals surface area (Å²) in [4.78, 5) is 12.3. The Labute approximate surface area is 151 Å². The monoisotopic (exact) mass is 341 g/mol. The highest BCUT2D eigenvalue weighted by atomic mass is 16.3. The van der Waals surface area contributed by atoms with Gasteiger partial charge in [-0.05, 0) is 24.6 Å². The van der Waals surface area contributed by atoms with Gasteiger partial charge in [0, 0.05) is 18.3 Å². The van der Waals surface area contributed by atoms with Gasteiger partial charge in [0.2, 0.25) is 5.88 Å². The van der Waals surface area contributed by atoms with Crippen molar-refractivity contribution in [1.29, 1.82) is 0 Å². The first-order chi connectivity index (χ1) is 12.2. The standard InChI is InChI=1S/C22H31NO2/c1-2-3-4-5-6-7-8-9-13-16-21(24)20-17-18-23(22(20)25)19-14-11-10-12-15-19/h10-12,14-15,17-18,25H,2-9,13,16H2,1H3. The number of carbonyl (C=O) groups excluding carboxylic acids is 1. The SMILES string of the molecule is CCCCCCCCCCCC(=O)c1ccn(-c2ccccc2)c1O. The van der Waals surface area contributed by atoms with Crippen molar-refractivity contribution in [2.24, 2.45) is 0 Å². The highest BCUT2D eigenvalue weighted by Crippen LogP contribution is 2.25. The van der Waals surface area contributed by atoms with Crippen LogP contribution in [0.1, 0.15) is 81.5 Å². The lowest BCUT2D eigenvalue weighted by molar-refractivity contribution is 0.0976. The first kappa shape index (κ1) is 19.3. The molecule has 0 unspecified atom stereocenters. The molecule has 0 aliphatic heterocycles. The van der Waals surface area contributed by atoms with Crippen molar-refractivity contribution >= 4 is 5.78 Å². The van der Waals surface area contributed by atoms with Crippen LogP contribution in [-0.4, -0.2) is 15.5 Å². The third-order valence-corrected chi connectivity index (χ3v) is 4.70. The highest BCUT2D eigenvalue weighted by molar-refractivity contribution is 5.98. The number of Topliss-reactive ketones (excluding diaryl/α,β-unsaturated/α-hetero) is 1. The van der Waals surface area contributed by atoms with Crippen LogP contribution in [0.3, 0.4) is 0 Å². The lowest BCUT2D eigenvalue weighted by Crippen LogP contribution is -1.99. The van der Waals surface area contributed by atoms with Gasteiger partial charge in [-0.1, -0.05) is 76.5 Å². The van der Waals surface area contributed by atoms with Gasteiger partial charge in [-0.2, -0.15) is 0 Å². The predicted octanol–water partition coefficient (Wildman–Crippen LogP) is 6.29. The van der Waals surface area contributed by atoms with E-state index >= 15 is 0 Å². The van der Waals surface area contributed by atoms with Crippen LogP contribution >= 0.6 is 0 Å². The van der Waals surface area contributed by atoms with E-state index < -0.39 is 0 Å². The minimum absolute atomic E-state index is 0.0372. The second-order valence-electron chi connectivity index (χ2n) is 6.76. The molecule has 25 heavy (non-hydrogen) atoms. The number of aromatic hydroxyl groups is 1. The third-order valence-electron chi connectivity index (χ3n) is 4.70. The van der Waals surface area contributed by atoms with Gasteiger partial charge in [0.15, 0.2) is 5.78 Å². The second kappa shape index (κ2) is 10.8. The molecule has 2 aromatic rings. The Balaban J connectivity index is 1.71. The molecule has 1 aromatic heterocycles. The zero-order valence-electron chi connectivity index (χ0n) is 15.4. The van der Waals surface area contributed by atoms with E-state index in [1.54, 1.807) is 16.8 Å². The highest BCUT2D eigenvalue weighted by Gasteiger charge is 2.15. The zero-order valence-corrected chi connectivity index (χ0v) is 15.4. The summed E-state index contributed by atoms with van der Waals surface area (Å²) < 4.78 is 1.66. The van der Waals surface area contributed by atoms with Gasteiger partial charge in [0.25, 0.3) is 0 Å². The van der Waals surface area contributed by atoms with Crippen LogP contribution < -0.4 is 0 Å². The van der Waals surface area contributed by atoms with E-state index in [0.717, 1.165) is 18.5 Å². The molecule has 0 saturated heterocycles. The summed E-state index contributed by atoms with van der Waals surface area (Å²) in [7, 11) is 0. The van der Waals surface area contributed by atoms with Crippen molar-refractivity contribution in [3.8, 4) is 11.6 Å². The maximum absolute atomic E-state index is 12.3. The molecule has 136 valence electrons. The normalized spacial score (nSPS) is 10.9. The van der Waals surface area contributed by atoms with E-state index in [4.69, 9.17) is 0 Å².